The van der Waals surface area contributed by atoms with Crippen LogP contribution < -0.4 is 0 Å². The number of halogens is 3. The quantitative estimate of drug-likeness (QED) is 0.823. The normalized spacial score (nSPS) is 19.2. The Labute approximate surface area is 91.9 Å². The Kier molecular flexibility index (Phi) is 2.93. The second-order valence-electron chi connectivity index (χ2n) is 4.20. The molecule has 1 fully saturated rings. The van der Waals surface area contributed by atoms with Crippen LogP contribution in [0.1, 0.15) is 42.4 Å². The lowest BCUT2D eigenvalue weighted by molar-refractivity contribution is -0.207. The minimum atomic E-state index is -4.58. The Morgan fingerprint density at radius 2 is 1.81 bits per heavy atom. The number of aliphatic hydroxyl groups is 1. The van der Waals surface area contributed by atoms with Gasteiger partial charge in [0.05, 0.1) is 0 Å². The van der Waals surface area contributed by atoms with Gasteiger partial charge >= 0.3 is 6.18 Å². The van der Waals surface area contributed by atoms with Gasteiger partial charge in [-0.05, 0) is 29.9 Å². The van der Waals surface area contributed by atoms with E-state index in [0.717, 1.165) is 19.3 Å². The highest BCUT2D eigenvalue weighted by Crippen LogP contribution is 2.42. The van der Waals surface area contributed by atoms with Gasteiger partial charge in [-0.3, -0.25) is 0 Å². The third-order valence-corrected chi connectivity index (χ3v) is 3.15. The smallest absolute Gasteiger partial charge is 0.379 e. The molecular formula is C12H13F3O. The van der Waals surface area contributed by atoms with Gasteiger partial charge in [0.2, 0.25) is 0 Å². The van der Waals surface area contributed by atoms with Gasteiger partial charge in [0.1, 0.15) is 0 Å². The first-order valence-electron chi connectivity index (χ1n) is 5.34. The molecule has 88 valence electrons. The molecule has 1 N–H and O–H groups in total. The minimum absolute atomic E-state index is 0.0136. The van der Waals surface area contributed by atoms with Crippen LogP contribution in [0.3, 0.4) is 0 Å². The molecule has 1 aromatic rings. The maximum absolute atomic E-state index is 12.5. The molecule has 0 bridgehead atoms. The largest absolute Gasteiger partial charge is 0.418 e. The second-order valence-corrected chi connectivity index (χ2v) is 4.20. The Hall–Kier alpha value is -1.03. The average molecular weight is 230 g/mol. The van der Waals surface area contributed by atoms with Crippen molar-refractivity contribution in [2.24, 2.45) is 0 Å². The number of hydrogen-bond donors (Lipinski definition) is 1. The lowest BCUT2D eigenvalue weighted by atomic mass is 9.77. The van der Waals surface area contributed by atoms with Crippen LogP contribution in [0.4, 0.5) is 13.2 Å². The van der Waals surface area contributed by atoms with Crippen molar-refractivity contribution in [2.45, 2.75) is 37.5 Å². The molecule has 0 aromatic heterocycles. The molecule has 0 amide bonds. The fourth-order valence-electron chi connectivity index (χ4n) is 2.03. The van der Waals surface area contributed by atoms with E-state index in [0.29, 0.717) is 5.56 Å². The Morgan fingerprint density at radius 3 is 2.31 bits per heavy atom. The molecule has 0 radical (unpaired) electrons. The van der Waals surface area contributed by atoms with Crippen molar-refractivity contribution in [1.29, 1.82) is 0 Å². The van der Waals surface area contributed by atoms with Crippen LogP contribution in [0, 0.1) is 0 Å². The molecule has 0 spiro atoms. The molecule has 1 atom stereocenters. The van der Waals surface area contributed by atoms with Crippen molar-refractivity contribution in [3.8, 4) is 0 Å². The summed E-state index contributed by atoms with van der Waals surface area (Å²) in [5.74, 6) is 0.188. The van der Waals surface area contributed by atoms with Gasteiger partial charge < -0.3 is 5.11 Å². The topological polar surface area (TPSA) is 20.2 Å². The first-order valence-corrected chi connectivity index (χ1v) is 5.34. The summed E-state index contributed by atoms with van der Waals surface area (Å²) in [4.78, 5) is 0. The summed E-state index contributed by atoms with van der Waals surface area (Å²) in [5.41, 5.74) is 0.665. The monoisotopic (exact) mass is 230 g/mol. The zero-order chi connectivity index (χ0) is 11.8. The van der Waals surface area contributed by atoms with E-state index in [1.807, 2.05) is 0 Å². The second kappa shape index (κ2) is 4.09. The lowest BCUT2D eigenvalue weighted by Crippen LogP contribution is -2.23. The van der Waals surface area contributed by atoms with E-state index in [1.54, 1.807) is 12.1 Å². The van der Waals surface area contributed by atoms with Crippen LogP contribution in [0.5, 0.6) is 0 Å². The summed E-state index contributed by atoms with van der Waals surface area (Å²) in [7, 11) is 0. The van der Waals surface area contributed by atoms with E-state index in [2.05, 4.69) is 0 Å². The zero-order valence-corrected chi connectivity index (χ0v) is 8.67. The van der Waals surface area contributed by atoms with Crippen LogP contribution >= 0.6 is 0 Å². The van der Waals surface area contributed by atoms with Crippen molar-refractivity contribution in [2.75, 3.05) is 0 Å². The summed E-state index contributed by atoms with van der Waals surface area (Å²) in [6.07, 6.45) is -4.05. The first kappa shape index (κ1) is 11.5. The van der Waals surface area contributed by atoms with Crippen molar-refractivity contribution in [1.82, 2.24) is 0 Å². The summed E-state index contributed by atoms with van der Waals surface area (Å²) < 4.78 is 37.4. The Balaban J connectivity index is 2.32. The van der Waals surface area contributed by atoms with Gasteiger partial charge in [-0.15, -0.1) is 0 Å². The van der Waals surface area contributed by atoms with E-state index in [1.165, 1.54) is 12.1 Å². The molecule has 2 rings (SSSR count). The highest BCUT2D eigenvalue weighted by atomic mass is 19.4. The molecule has 1 nitrogen and oxygen atoms in total. The van der Waals surface area contributed by atoms with E-state index in [9.17, 15) is 18.3 Å². The number of hydrogen-bond acceptors (Lipinski definition) is 1. The van der Waals surface area contributed by atoms with Crippen LogP contribution in [0.15, 0.2) is 24.3 Å². The van der Waals surface area contributed by atoms with E-state index in [-0.39, 0.29) is 11.5 Å². The van der Waals surface area contributed by atoms with Gasteiger partial charge in [0, 0.05) is 0 Å². The molecule has 1 saturated carbocycles. The SMILES string of the molecule is OC(c1ccccc1C1CCC1)C(F)(F)F. The summed E-state index contributed by atoms with van der Waals surface area (Å²) >= 11 is 0. The molecule has 0 saturated heterocycles. The maximum Gasteiger partial charge on any atom is 0.418 e. The predicted octanol–water partition coefficient (Wildman–Crippen LogP) is 3.55. The maximum atomic E-state index is 12.5. The van der Waals surface area contributed by atoms with E-state index < -0.39 is 12.3 Å². The molecule has 1 aromatic carbocycles. The van der Waals surface area contributed by atoms with Gasteiger partial charge in [0.25, 0.3) is 0 Å². The molecule has 0 heterocycles. The first-order chi connectivity index (χ1) is 7.50. The van der Waals surface area contributed by atoms with Crippen molar-refractivity contribution in [3.05, 3.63) is 35.4 Å². The number of alkyl halides is 3. The Morgan fingerprint density at radius 1 is 1.19 bits per heavy atom. The third kappa shape index (κ3) is 2.07. The zero-order valence-electron chi connectivity index (χ0n) is 8.67. The van der Waals surface area contributed by atoms with Crippen molar-refractivity contribution < 1.29 is 18.3 Å². The highest BCUT2D eigenvalue weighted by molar-refractivity contribution is 5.34. The van der Waals surface area contributed by atoms with Crippen LogP contribution in [0.2, 0.25) is 0 Å². The summed E-state index contributed by atoms with van der Waals surface area (Å²) in [6.45, 7) is 0. The molecule has 0 aliphatic heterocycles. The molecule has 1 aliphatic carbocycles. The van der Waals surface area contributed by atoms with E-state index in [4.69, 9.17) is 0 Å². The number of rotatable bonds is 2. The lowest BCUT2D eigenvalue weighted by Gasteiger charge is -2.29. The van der Waals surface area contributed by atoms with Crippen molar-refractivity contribution >= 4 is 0 Å². The average Bonchev–Trinajstić information content (AvgIpc) is 2.13. The standard InChI is InChI=1S/C12H13F3O/c13-12(14,15)11(16)10-7-2-1-6-9(10)8-4-3-5-8/h1-2,6-8,11,16H,3-5H2. The predicted molar refractivity (Wildman–Crippen MR) is 54.0 cm³/mol. The van der Waals surface area contributed by atoms with Crippen molar-refractivity contribution in [3.63, 3.8) is 0 Å². The molecule has 16 heavy (non-hydrogen) atoms. The Bertz CT molecular complexity index is 369. The number of benzene rings is 1. The molecule has 4 heteroatoms. The van der Waals surface area contributed by atoms with Crippen LogP contribution in [-0.2, 0) is 0 Å². The molecular weight excluding hydrogens is 217 g/mol. The van der Waals surface area contributed by atoms with Gasteiger partial charge in [-0.25, -0.2) is 0 Å². The van der Waals surface area contributed by atoms with Gasteiger partial charge in [-0.1, -0.05) is 30.7 Å². The van der Waals surface area contributed by atoms with Gasteiger partial charge in [-0.2, -0.15) is 13.2 Å². The summed E-state index contributed by atoms with van der Waals surface area (Å²) in [6, 6.07) is 6.31. The van der Waals surface area contributed by atoms with E-state index >= 15 is 0 Å². The minimum Gasteiger partial charge on any atom is -0.379 e. The molecule has 1 unspecified atom stereocenters. The van der Waals surface area contributed by atoms with Crippen LogP contribution in [-0.4, -0.2) is 11.3 Å². The number of aliphatic hydroxyl groups excluding tert-OH is 1. The summed E-state index contributed by atoms with van der Waals surface area (Å²) in [5, 5.41) is 9.28. The highest BCUT2D eigenvalue weighted by Gasteiger charge is 2.41. The van der Waals surface area contributed by atoms with Gasteiger partial charge in [0.15, 0.2) is 6.10 Å². The van der Waals surface area contributed by atoms with Crippen LogP contribution in [0.25, 0.3) is 0 Å². The third-order valence-electron chi connectivity index (χ3n) is 3.15. The fraction of sp³-hybridized carbons (Fsp3) is 0.500. The fourth-order valence-corrected chi connectivity index (χ4v) is 2.03. The molecule has 1 aliphatic rings.